The van der Waals surface area contributed by atoms with Gasteiger partial charge < -0.3 is 10.2 Å². The largest absolute Gasteiger partial charge is 0.368 e. The van der Waals surface area contributed by atoms with Crippen LogP contribution in [0.2, 0.25) is 0 Å². The number of nitrogens with one attached hydrogen (secondary N) is 2. The number of tetrazole rings is 1. The van der Waals surface area contributed by atoms with Gasteiger partial charge in [0.25, 0.3) is 0 Å². The van der Waals surface area contributed by atoms with Crippen molar-refractivity contribution in [2.45, 2.75) is 32.9 Å². The Balaban J connectivity index is 1.46. The molecule has 0 amide bonds. The number of hydrogen-bond donors (Lipinski definition) is 2. The van der Waals surface area contributed by atoms with Crippen LogP contribution in [0.5, 0.6) is 0 Å². The van der Waals surface area contributed by atoms with E-state index in [4.69, 9.17) is 0 Å². The summed E-state index contributed by atoms with van der Waals surface area (Å²) in [4.78, 5) is 2.36. The Hall–Kier alpha value is -2.87. The summed E-state index contributed by atoms with van der Waals surface area (Å²) in [5.41, 5.74) is 4.49. The second-order valence-electron chi connectivity index (χ2n) is 7.38. The first-order valence-electron chi connectivity index (χ1n) is 9.30. The zero-order valence-corrected chi connectivity index (χ0v) is 15.6. The molecule has 0 atom stereocenters. The van der Waals surface area contributed by atoms with Crippen molar-refractivity contribution in [1.29, 1.82) is 0 Å². The van der Waals surface area contributed by atoms with Crippen LogP contribution in [0.25, 0.3) is 11.4 Å². The Morgan fingerprint density at radius 3 is 2.81 bits per heavy atom. The van der Waals surface area contributed by atoms with Crippen LogP contribution in [0, 0.1) is 5.92 Å². The lowest BCUT2D eigenvalue weighted by Gasteiger charge is -2.42. The third-order valence-electron chi connectivity index (χ3n) is 4.71. The Labute approximate surface area is 158 Å². The van der Waals surface area contributed by atoms with Gasteiger partial charge in [0.2, 0.25) is 5.82 Å². The molecule has 140 valence electrons. The molecule has 0 saturated carbocycles. The highest BCUT2D eigenvalue weighted by atomic mass is 15.5. The third-order valence-corrected chi connectivity index (χ3v) is 4.71. The van der Waals surface area contributed by atoms with E-state index < -0.39 is 0 Å². The second kappa shape index (κ2) is 7.79. The Morgan fingerprint density at radius 1 is 1.22 bits per heavy atom. The summed E-state index contributed by atoms with van der Waals surface area (Å²) in [6.45, 7) is 7.09. The van der Waals surface area contributed by atoms with E-state index in [1.54, 1.807) is 6.20 Å². The van der Waals surface area contributed by atoms with Gasteiger partial charge in [0, 0.05) is 43.1 Å². The molecule has 0 bridgehead atoms. The molecule has 0 unspecified atom stereocenters. The number of benzene rings is 1. The predicted octanol–water partition coefficient (Wildman–Crippen LogP) is 1.83. The topological polar surface area (TPSA) is 95.5 Å². The molecule has 1 fully saturated rings. The van der Waals surface area contributed by atoms with Crippen molar-refractivity contribution in [3.8, 4) is 11.4 Å². The summed E-state index contributed by atoms with van der Waals surface area (Å²) in [5.74, 6) is 1.25. The van der Waals surface area contributed by atoms with Crippen molar-refractivity contribution >= 4 is 5.69 Å². The van der Waals surface area contributed by atoms with Gasteiger partial charge >= 0.3 is 0 Å². The average Bonchev–Trinajstić information content (AvgIpc) is 3.15. The molecule has 8 nitrogen and oxygen atoms in total. The number of aromatic amines is 1. The van der Waals surface area contributed by atoms with Crippen LogP contribution in [0.3, 0.4) is 0 Å². The molecule has 1 aliphatic heterocycles. The van der Waals surface area contributed by atoms with E-state index >= 15 is 0 Å². The van der Waals surface area contributed by atoms with Crippen molar-refractivity contribution in [3.63, 3.8) is 0 Å². The van der Waals surface area contributed by atoms with E-state index in [1.807, 2.05) is 12.1 Å². The van der Waals surface area contributed by atoms with Gasteiger partial charge in [0.05, 0.1) is 5.69 Å². The molecule has 3 heterocycles. The summed E-state index contributed by atoms with van der Waals surface area (Å²) in [7, 11) is 0. The van der Waals surface area contributed by atoms with Gasteiger partial charge in [0.1, 0.15) is 0 Å². The highest BCUT2D eigenvalue weighted by Gasteiger charge is 2.29. The highest BCUT2D eigenvalue weighted by Crippen LogP contribution is 2.33. The third kappa shape index (κ3) is 4.11. The van der Waals surface area contributed by atoms with E-state index in [2.05, 4.69) is 73.1 Å². The minimum absolute atomic E-state index is 0.430. The van der Waals surface area contributed by atoms with Crippen molar-refractivity contribution in [2.75, 3.05) is 18.0 Å². The standard InChI is InChI=1S/C19H24N8/c1-13(2)8-14-5-6-17(19-23-25-26-24-19)18(9-14)27-11-16(12-27)20-10-15-4-3-7-21-22-15/h3-7,9,13,16,20H,8,10-12H2,1-2H3,(H,23,24,25,26). The normalized spacial score (nSPS) is 14.6. The van der Waals surface area contributed by atoms with E-state index in [-0.39, 0.29) is 0 Å². The Bertz CT molecular complexity index is 857. The quantitative estimate of drug-likeness (QED) is 0.660. The number of hydrogen-bond acceptors (Lipinski definition) is 7. The van der Waals surface area contributed by atoms with Crippen LogP contribution in [-0.4, -0.2) is 50.0 Å². The molecule has 2 N–H and O–H groups in total. The molecule has 4 rings (SSSR count). The SMILES string of the molecule is CC(C)Cc1ccc(-c2nn[nH]n2)c(N2CC(NCc3cccnn3)C2)c1. The first-order valence-corrected chi connectivity index (χ1v) is 9.30. The number of nitrogens with zero attached hydrogens (tertiary/aromatic N) is 6. The molecule has 3 aromatic rings. The molecule has 0 aliphatic carbocycles. The molecule has 0 spiro atoms. The summed E-state index contributed by atoms with van der Waals surface area (Å²) >= 11 is 0. The fraction of sp³-hybridized carbons (Fsp3) is 0.421. The molecule has 1 aromatic carbocycles. The summed E-state index contributed by atoms with van der Waals surface area (Å²) in [6, 6.07) is 10.9. The van der Waals surface area contributed by atoms with E-state index in [1.165, 1.54) is 11.3 Å². The van der Waals surface area contributed by atoms with Crippen molar-refractivity contribution in [1.82, 2.24) is 36.1 Å². The lowest BCUT2D eigenvalue weighted by atomic mass is 9.97. The predicted molar refractivity (Wildman–Crippen MR) is 103 cm³/mol. The van der Waals surface area contributed by atoms with Crippen molar-refractivity contribution in [2.24, 2.45) is 5.92 Å². The molecule has 1 saturated heterocycles. The minimum atomic E-state index is 0.430. The van der Waals surface area contributed by atoms with Crippen LogP contribution in [0.1, 0.15) is 25.1 Å². The monoisotopic (exact) mass is 364 g/mol. The fourth-order valence-electron chi connectivity index (χ4n) is 3.38. The number of aromatic nitrogens is 6. The maximum atomic E-state index is 4.17. The maximum Gasteiger partial charge on any atom is 0.206 e. The second-order valence-corrected chi connectivity index (χ2v) is 7.38. The summed E-state index contributed by atoms with van der Waals surface area (Å²) in [5, 5.41) is 26.2. The van der Waals surface area contributed by atoms with Gasteiger partial charge in [-0.05, 0) is 47.4 Å². The van der Waals surface area contributed by atoms with Crippen LogP contribution in [0.15, 0.2) is 36.5 Å². The van der Waals surface area contributed by atoms with Gasteiger partial charge in [-0.2, -0.15) is 15.4 Å². The van der Waals surface area contributed by atoms with Crippen LogP contribution < -0.4 is 10.2 Å². The van der Waals surface area contributed by atoms with Crippen LogP contribution in [0.4, 0.5) is 5.69 Å². The lowest BCUT2D eigenvalue weighted by Crippen LogP contribution is -2.58. The summed E-state index contributed by atoms with van der Waals surface area (Å²) < 4.78 is 0. The number of rotatable bonds is 7. The molecule has 0 radical (unpaired) electrons. The first-order chi connectivity index (χ1) is 13.2. The minimum Gasteiger partial charge on any atom is -0.368 e. The maximum absolute atomic E-state index is 4.17. The molecule has 27 heavy (non-hydrogen) atoms. The molecular formula is C19H24N8. The number of H-pyrrole nitrogens is 1. The average molecular weight is 364 g/mol. The van der Waals surface area contributed by atoms with E-state index in [0.717, 1.165) is 37.3 Å². The van der Waals surface area contributed by atoms with Crippen LogP contribution in [-0.2, 0) is 13.0 Å². The molecule has 1 aliphatic rings. The van der Waals surface area contributed by atoms with Gasteiger partial charge in [0.15, 0.2) is 0 Å². The van der Waals surface area contributed by atoms with Gasteiger partial charge in [-0.3, -0.25) is 0 Å². The molecule has 2 aromatic heterocycles. The van der Waals surface area contributed by atoms with Gasteiger partial charge in [-0.1, -0.05) is 19.9 Å². The van der Waals surface area contributed by atoms with E-state index in [0.29, 0.717) is 17.8 Å². The van der Waals surface area contributed by atoms with Crippen molar-refractivity contribution in [3.05, 3.63) is 47.8 Å². The van der Waals surface area contributed by atoms with Crippen molar-refractivity contribution < 1.29 is 0 Å². The highest BCUT2D eigenvalue weighted by molar-refractivity contribution is 5.75. The molecular weight excluding hydrogens is 340 g/mol. The van der Waals surface area contributed by atoms with Gasteiger partial charge in [-0.15, -0.1) is 10.2 Å². The zero-order valence-electron chi connectivity index (χ0n) is 15.6. The Kier molecular flexibility index (Phi) is 5.06. The van der Waals surface area contributed by atoms with Gasteiger partial charge in [-0.25, -0.2) is 0 Å². The van der Waals surface area contributed by atoms with E-state index in [9.17, 15) is 0 Å². The number of anilines is 1. The smallest absolute Gasteiger partial charge is 0.206 e. The molecule has 8 heteroatoms. The fourth-order valence-corrected chi connectivity index (χ4v) is 3.38. The lowest BCUT2D eigenvalue weighted by molar-refractivity contribution is 0.416. The summed E-state index contributed by atoms with van der Waals surface area (Å²) in [6.07, 6.45) is 2.75. The first kappa shape index (κ1) is 17.5. The van der Waals surface area contributed by atoms with Crippen LogP contribution >= 0.6 is 0 Å². The zero-order chi connectivity index (χ0) is 18.6. The Morgan fingerprint density at radius 2 is 2.11 bits per heavy atom.